The van der Waals surface area contributed by atoms with Gasteiger partial charge in [-0.1, -0.05) is 13.8 Å². The Bertz CT molecular complexity index is 400. The third-order valence-corrected chi connectivity index (χ3v) is 2.09. The van der Waals surface area contributed by atoms with Crippen LogP contribution in [0, 0.1) is 5.92 Å². The third kappa shape index (κ3) is 6.38. The Hall–Kier alpha value is -1.36. The van der Waals surface area contributed by atoms with Crippen molar-refractivity contribution < 1.29 is 9.47 Å². The van der Waals surface area contributed by atoms with Crippen LogP contribution in [0.25, 0.3) is 0 Å². The van der Waals surface area contributed by atoms with Crippen LogP contribution in [0.2, 0.25) is 0 Å². The summed E-state index contributed by atoms with van der Waals surface area (Å²) in [5.74, 6) is 2.42. The summed E-state index contributed by atoms with van der Waals surface area (Å²) in [6.07, 6.45) is 0. The van der Waals surface area contributed by atoms with Gasteiger partial charge in [-0.15, -0.1) is 0 Å². The molecule has 0 unspecified atom stereocenters. The summed E-state index contributed by atoms with van der Waals surface area (Å²) >= 11 is 0. The fraction of sp³-hybridized carbons (Fsp3) is 0.714. The van der Waals surface area contributed by atoms with E-state index >= 15 is 0 Å². The molecule has 1 N–H and O–H groups in total. The summed E-state index contributed by atoms with van der Waals surface area (Å²) in [7, 11) is 1.63. The van der Waals surface area contributed by atoms with Gasteiger partial charge in [0.2, 0.25) is 5.88 Å². The predicted molar refractivity (Wildman–Crippen MR) is 76.5 cm³/mol. The molecular weight excluding hydrogens is 242 g/mol. The highest BCUT2D eigenvalue weighted by molar-refractivity contribution is 5.40. The van der Waals surface area contributed by atoms with Crippen molar-refractivity contribution in [1.82, 2.24) is 9.97 Å². The van der Waals surface area contributed by atoms with E-state index in [4.69, 9.17) is 9.47 Å². The Morgan fingerprint density at radius 1 is 1.26 bits per heavy atom. The zero-order valence-electron chi connectivity index (χ0n) is 12.8. The average Bonchev–Trinajstić information content (AvgIpc) is 2.24. The summed E-state index contributed by atoms with van der Waals surface area (Å²) in [5.41, 5.74) is -0.0615. The first-order chi connectivity index (χ1) is 8.80. The number of hydrogen-bond acceptors (Lipinski definition) is 5. The van der Waals surface area contributed by atoms with Crippen molar-refractivity contribution in [3.05, 3.63) is 11.9 Å². The molecule has 5 heteroatoms. The standard InChI is InChI=1S/C14H25N3O2/c1-10(2)8-19-13-7-11(17-14(3,4)5)15-12(16-13)9-18-6/h7,10H,8-9H2,1-6H3,(H,15,16,17). The molecule has 0 radical (unpaired) electrons. The summed E-state index contributed by atoms with van der Waals surface area (Å²) in [6.45, 7) is 11.5. The first kappa shape index (κ1) is 15.7. The van der Waals surface area contributed by atoms with Crippen molar-refractivity contribution in [2.45, 2.75) is 46.8 Å². The molecule has 0 spiro atoms. The Morgan fingerprint density at radius 3 is 2.47 bits per heavy atom. The number of ether oxygens (including phenoxy) is 2. The van der Waals surface area contributed by atoms with E-state index in [9.17, 15) is 0 Å². The minimum atomic E-state index is -0.0615. The Balaban J connectivity index is 2.90. The van der Waals surface area contributed by atoms with Gasteiger partial charge in [-0.05, 0) is 26.7 Å². The van der Waals surface area contributed by atoms with Crippen molar-refractivity contribution in [3.63, 3.8) is 0 Å². The van der Waals surface area contributed by atoms with Gasteiger partial charge in [-0.3, -0.25) is 0 Å². The van der Waals surface area contributed by atoms with Gasteiger partial charge in [0.15, 0.2) is 5.82 Å². The fourth-order valence-electron chi connectivity index (χ4n) is 1.44. The topological polar surface area (TPSA) is 56.3 Å². The Labute approximate surface area is 115 Å². The molecule has 0 saturated heterocycles. The largest absolute Gasteiger partial charge is 0.477 e. The van der Waals surface area contributed by atoms with Crippen LogP contribution in [-0.2, 0) is 11.3 Å². The molecule has 1 rings (SSSR count). The van der Waals surface area contributed by atoms with E-state index in [1.807, 2.05) is 6.07 Å². The molecule has 0 aliphatic heterocycles. The number of methoxy groups -OCH3 is 1. The second-order valence-corrected chi connectivity index (χ2v) is 6.02. The first-order valence-electron chi connectivity index (χ1n) is 6.58. The quantitative estimate of drug-likeness (QED) is 0.859. The van der Waals surface area contributed by atoms with Gasteiger partial charge in [0.25, 0.3) is 0 Å². The summed E-state index contributed by atoms with van der Waals surface area (Å²) in [4.78, 5) is 8.74. The molecule has 5 nitrogen and oxygen atoms in total. The highest BCUT2D eigenvalue weighted by Crippen LogP contribution is 2.18. The van der Waals surface area contributed by atoms with Gasteiger partial charge in [0.1, 0.15) is 12.4 Å². The van der Waals surface area contributed by atoms with Crippen LogP contribution < -0.4 is 10.1 Å². The Morgan fingerprint density at radius 2 is 1.95 bits per heavy atom. The van der Waals surface area contributed by atoms with Crippen LogP contribution in [0.4, 0.5) is 5.82 Å². The van der Waals surface area contributed by atoms with Crippen molar-refractivity contribution in [1.29, 1.82) is 0 Å². The van der Waals surface area contributed by atoms with E-state index in [1.165, 1.54) is 0 Å². The lowest BCUT2D eigenvalue weighted by Crippen LogP contribution is -2.27. The molecule has 0 aliphatic rings. The van der Waals surface area contributed by atoms with Gasteiger partial charge in [-0.25, -0.2) is 4.98 Å². The maximum atomic E-state index is 5.66. The van der Waals surface area contributed by atoms with Crippen molar-refractivity contribution in [2.75, 3.05) is 19.0 Å². The number of nitrogens with one attached hydrogen (secondary N) is 1. The van der Waals surface area contributed by atoms with Crippen molar-refractivity contribution >= 4 is 5.82 Å². The second kappa shape index (κ2) is 6.70. The molecule has 1 aromatic rings. The van der Waals surface area contributed by atoms with Gasteiger partial charge < -0.3 is 14.8 Å². The highest BCUT2D eigenvalue weighted by atomic mass is 16.5. The number of nitrogens with zero attached hydrogens (tertiary/aromatic N) is 2. The molecule has 0 atom stereocenters. The Kier molecular flexibility index (Phi) is 5.54. The monoisotopic (exact) mass is 267 g/mol. The average molecular weight is 267 g/mol. The molecular formula is C14H25N3O2. The number of aromatic nitrogens is 2. The fourth-order valence-corrected chi connectivity index (χ4v) is 1.44. The molecule has 0 amide bonds. The normalized spacial score (nSPS) is 11.7. The lowest BCUT2D eigenvalue weighted by atomic mass is 10.1. The summed E-state index contributed by atoms with van der Waals surface area (Å²) in [6, 6.07) is 1.83. The molecule has 19 heavy (non-hydrogen) atoms. The minimum Gasteiger partial charge on any atom is -0.477 e. The van der Waals surface area contributed by atoms with Crippen molar-refractivity contribution in [2.24, 2.45) is 5.92 Å². The van der Waals surface area contributed by atoms with E-state index < -0.39 is 0 Å². The number of rotatable bonds is 6. The summed E-state index contributed by atoms with van der Waals surface area (Å²) in [5, 5.41) is 3.32. The molecule has 1 aromatic heterocycles. The van der Waals surface area contributed by atoms with Crippen LogP contribution in [0.5, 0.6) is 5.88 Å². The molecule has 0 aliphatic carbocycles. The molecule has 0 aromatic carbocycles. The van der Waals surface area contributed by atoms with Gasteiger partial charge in [0, 0.05) is 18.7 Å². The lowest BCUT2D eigenvalue weighted by molar-refractivity contribution is 0.175. The zero-order chi connectivity index (χ0) is 14.5. The SMILES string of the molecule is COCc1nc(NC(C)(C)C)cc(OCC(C)C)n1. The maximum Gasteiger partial charge on any atom is 0.218 e. The van der Waals surface area contributed by atoms with Gasteiger partial charge in [0.05, 0.1) is 6.61 Å². The zero-order valence-corrected chi connectivity index (χ0v) is 12.8. The van der Waals surface area contributed by atoms with Gasteiger partial charge in [-0.2, -0.15) is 4.98 Å². The van der Waals surface area contributed by atoms with E-state index in [1.54, 1.807) is 7.11 Å². The minimum absolute atomic E-state index is 0.0615. The van der Waals surface area contributed by atoms with Crippen LogP contribution in [-0.4, -0.2) is 29.2 Å². The van der Waals surface area contributed by atoms with E-state index in [0.717, 1.165) is 5.82 Å². The van der Waals surface area contributed by atoms with Gasteiger partial charge >= 0.3 is 0 Å². The predicted octanol–water partition coefficient (Wildman–Crippen LogP) is 2.87. The van der Waals surface area contributed by atoms with Crippen LogP contribution in [0.3, 0.4) is 0 Å². The van der Waals surface area contributed by atoms with Crippen LogP contribution in [0.1, 0.15) is 40.4 Å². The van der Waals surface area contributed by atoms with Crippen LogP contribution in [0.15, 0.2) is 6.07 Å². The van der Waals surface area contributed by atoms with E-state index in [0.29, 0.717) is 30.8 Å². The van der Waals surface area contributed by atoms with Crippen LogP contribution >= 0.6 is 0 Å². The molecule has 108 valence electrons. The second-order valence-electron chi connectivity index (χ2n) is 6.02. The smallest absolute Gasteiger partial charge is 0.218 e. The third-order valence-electron chi connectivity index (χ3n) is 2.09. The molecule has 0 fully saturated rings. The number of hydrogen-bond donors (Lipinski definition) is 1. The lowest BCUT2D eigenvalue weighted by Gasteiger charge is -2.22. The maximum absolute atomic E-state index is 5.66. The molecule has 0 saturated carbocycles. The molecule has 1 heterocycles. The molecule has 0 bridgehead atoms. The van der Waals surface area contributed by atoms with Crippen molar-refractivity contribution in [3.8, 4) is 5.88 Å². The first-order valence-corrected chi connectivity index (χ1v) is 6.58. The highest BCUT2D eigenvalue weighted by Gasteiger charge is 2.13. The number of anilines is 1. The van der Waals surface area contributed by atoms with E-state index in [-0.39, 0.29) is 5.54 Å². The van der Waals surface area contributed by atoms with E-state index in [2.05, 4.69) is 49.9 Å². The summed E-state index contributed by atoms with van der Waals surface area (Å²) < 4.78 is 10.7.